The van der Waals surface area contributed by atoms with Crippen molar-refractivity contribution < 1.29 is 0 Å². The second kappa shape index (κ2) is 6.69. The largest absolute Gasteiger partial charge is 0.169 e. The quantitative estimate of drug-likeness (QED) is 0.464. The molecule has 0 aromatic carbocycles. The highest BCUT2D eigenvalue weighted by Gasteiger charge is 2.42. The molecule has 0 aliphatic carbocycles. The number of allylic oxidation sites excluding steroid dienone is 1. The van der Waals surface area contributed by atoms with E-state index in [1.54, 1.807) is 5.57 Å². The third kappa shape index (κ3) is 5.02. The van der Waals surface area contributed by atoms with E-state index in [-0.39, 0.29) is 4.75 Å². The molecule has 0 bridgehead atoms. The Labute approximate surface area is 137 Å². The molecule has 0 nitrogen and oxygen atoms in total. The van der Waals surface area contributed by atoms with Crippen LogP contribution in [0.5, 0.6) is 0 Å². The molecule has 1 heterocycles. The fourth-order valence-electron chi connectivity index (χ4n) is 3.04. The number of rotatable bonds is 5. The van der Waals surface area contributed by atoms with Crippen molar-refractivity contribution in [3.63, 3.8) is 0 Å². The molecule has 0 unspecified atom stereocenters. The Morgan fingerprint density at radius 1 is 1.35 bits per heavy atom. The smallest absolute Gasteiger partial charge is 0.0255 e. The Bertz CT molecular complexity index is 349. The minimum atomic E-state index is -0.00648. The first-order chi connectivity index (χ1) is 8.94. The van der Waals surface area contributed by atoms with E-state index < -0.39 is 0 Å². The van der Waals surface area contributed by atoms with Crippen LogP contribution in [0.2, 0.25) is 0 Å². The minimum Gasteiger partial charge on any atom is -0.169 e. The van der Waals surface area contributed by atoms with Crippen LogP contribution in [0.25, 0.3) is 0 Å². The summed E-state index contributed by atoms with van der Waals surface area (Å²) in [6, 6.07) is 0. The highest BCUT2D eigenvalue weighted by atomic mass is 32.2. The summed E-state index contributed by atoms with van der Waals surface area (Å²) < 4.78 is 0.454. The van der Waals surface area contributed by atoms with Gasteiger partial charge in [-0.25, -0.2) is 0 Å². The average Bonchev–Trinajstić information content (AvgIpc) is 2.52. The maximum absolute atomic E-state index is 4.69. The first-order valence-electron chi connectivity index (χ1n) is 8.06. The summed E-state index contributed by atoms with van der Waals surface area (Å²) in [5, 5.41) is 0.770. The molecule has 0 aromatic heterocycles. The zero-order valence-electron chi connectivity index (χ0n) is 14.7. The third-order valence-corrected chi connectivity index (χ3v) is 6.96. The molecular weight excluding hydrogens is 280 g/mol. The van der Waals surface area contributed by atoms with Crippen molar-refractivity contribution in [1.29, 1.82) is 0 Å². The predicted octanol–water partition coefficient (Wildman–Crippen LogP) is 6.22. The first kappa shape index (κ1) is 18.5. The molecule has 0 saturated carbocycles. The highest BCUT2D eigenvalue weighted by molar-refractivity contribution is 8.01. The molecule has 20 heavy (non-hydrogen) atoms. The van der Waals surface area contributed by atoms with Crippen molar-refractivity contribution in [3.05, 3.63) is 11.6 Å². The molecule has 1 aliphatic heterocycles. The van der Waals surface area contributed by atoms with Gasteiger partial charge in [-0.05, 0) is 44.4 Å². The second-order valence-corrected chi connectivity index (χ2v) is 11.0. The molecule has 0 radical (unpaired) electrons. The third-order valence-electron chi connectivity index (χ3n) is 4.72. The Morgan fingerprint density at radius 2 is 1.90 bits per heavy atom. The van der Waals surface area contributed by atoms with Crippen LogP contribution >= 0.6 is 24.4 Å². The van der Waals surface area contributed by atoms with E-state index >= 15 is 0 Å². The van der Waals surface area contributed by atoms with Gasteiger partial charge in [0.25, 0.3) is 0 Å². The predicted molar refractivity (Wildman–Crippen MR) is 99.0 cm³/mol. The summed E-state index contributed by atoms with van der Waals surface area (Å²) in [6.07, 6.45) is 4.98. The van der Waals surface area contributed by atoms with E-state index in [2.05, 4.69) is 73.2 Å². The van der Waals surface area contributed by atoms with Gasteiger partial charge >= 0.3 is 0 Å². The van der Waals surface area contributed by atoms with E-state index in [1.165, 1.54) is 12.8 Å². The normalized spacial score (nSPS) is 32.5. The van der Waals surface area contributed by atoms with E-state index in [4.69, 9.17) is 12.6 Å². The molecule has 1 rings (SSSR count). The van der Waals surface area contributed by atoms with Crippen molar-refractivity contribution >= 4 is 24.4 Å². The van der Waals surface area contributed by atoms with Crippen molar-refractivity contribution in [1.82, 2.24) is 0 Å². The Hall–Kier alpha value is 0.440. The standard InChI is InChI=1S/C18H34S2/c1-12(2)15(11-17(6,7)19)9-16-14(5)10-18(8,20-16)13(3)4/h11-14,16,19H,9-10H2,1-8H3/b15-11+/t14-,16-,18+/m0/s1. The lowest BCUT2D eigenvalue weighted by Crippen LogP contribution is -2.24. The molecule has 0 spiro atoms. The molecule has 0 amide bonds. The molecule has 0 aromatic rings. The van der Waals surface area contributed by atoms with Gasteiger partial charge in [-0.2, -0.15) is 24.4 Å². The van der Waals surface area contributed by atoms with Crippen LogP contribution in [0, 0.1) is 17.8 Å². The molecule has 2 heteroatoms. The fraction of sp³-hybridized carbons (Fsp3) is 0.889. The SMILES string of the molecule is CC(C)/C(=C/C(C)(C)S)C[C@@H]1S[C@@](C)(C(C)C)C[C@@H]1C. The molecular formula is C18H34S2. The van der Waals surface area contributed by atoms with Crippen LogP contribution in [0.3, 0.4) is 0 Å². The lowest BCUT2D eigenvalue weighted by molar-refractivity contribution is 0.394. The number of hydrogen-bond acceptors (Lipinski definition) is 2. The lowest BCUT2D eigenvalue weighted by atomic mass is 9.84. The van der Waals surface area contributed by atoms with Crippen LogP contribution in [0.4, 0.5) is 0 Å². The summed E-state index contributed by atoms with van der Waals surface area (Å²) in [5.74, 6) is 2.20. The van der Waals surface area contributed by atoms with Crippen LogP contribution in [0.1, 0.15) is 68.2 Å². The molecule has 1 saturated heterocycles. The van der Waals surface area contributed by atoms with Crippen molar-refractivity contribution in [2.45, 2.75) is 83.0 Å². The molecule has 1 aliphatic rings. The van der Waals surface area contributed by atoms with Crippen LogP contribution < -0.4 is 0 Å². The zero-order valence-corrected chi connectivity index (χ0v) is 16.4. The van der Waals surface area contributed by atoms with Crippen molar-refractivity contribution in [3.8, 4) is 0 Å². The monoisotopic (exact) mass is 314 g/mol. The lowest BCUT2D eigenvalue weighted by Gasteiger charge is -2.29. The molecule has 3 atom stereocenters. The van der Waals surface area contributed by atoms with Crippen LogP contribution in [0.15, 0.2) is 11.6 Å². The summed E-state index contributed by atoms with van der Waals surface area (Å²) in [4.78, 5) is 0. The van der Waals surface area contributed by atoms with E-state index in [1.807, 2.05) is 0 Å². The van der Waals surface area contributed by atoms with Crippen molar-refractivity contribution in [2.24, 2.45) is 17.8 Å². The molecule has 1 fully saturated rings. The maximum atomic E-state index is 4.69. The van der Waals surface area contributed by atoms with Gasteiger partial charge < -0.3 is 0 Å². The van der Waals surface area contributed by atoms with Gasteiger partial charge in [0, 0.05) is 14.7 Å². The van der Waals surface area contributed by atoms with E-state index in [9.17, 15) is 0 Å². The Kier molecular flexibility index (Phi) is 6.18. The summed E-state index contributed by atoms with van der Waals surface area (Å²) in [6.45, 7) is 18.6. The van der Waals surface area contributed by atoms with Gasteiger partial charge in [-0.1, -0.05) is 53.2 Å². The molecule has 0 N–H and O–H groups in total. The van der Waals surface area contributed by atoms with Gasteiger partial charge in [0.1, 0.15) is 0 Å². The number of thioether (sulfide) groups is 1. The number of thiol groups is 1. The fourth-order valence-corrected chi connectivity index (χ4v) is 5.14. The van der Waals surface area contributed by atoms with Gasteiger partial charge in [-0.15, -0.1) is 0 Å². The summed E-state index contributed by atoms with van der Waals surface area (Å²) >= 11 is 6.93. The van der Waals surface area contributed by atoms with Crippen LogP contribution in [-0.4, -0.2) is 14.7 Å². The first-order valence-corrected chi connectivity index (χ1v) is 9.39. The maximum Gasteiger partial charge on any atom is 0.0255 e. The zero-order chi connectivity index (χ0) is 15.7. The Morgan fingerprint density at radius 3 is 2.25 bits per heavy atom. The van der Waals surface area contributed by atoms with Crippen LogP contribution in [-0.2, 0) is 0 Å². The number of hydrogen-bond donors (Lipinski definition) is 1. The minimum absolute atomic E-state index is 0.00648. The van der Waals surface area contributed by atoms with Gasteiger partial charge in [0.05, 0.1) is 0 Å². The van der Waals surface area contributed by atoms with E-state index in [0.717, 1.165) is 17.1 Å². The summed E-state index contributed by atoms with van der Waals surface area (Å²) in [7, 11) is 0. The van der Waals surface area contributed by atoms with Gasteiger partial charge in [0.15, 0.2) is 0 Å². The van der Waals surface area contributed by atoms with Crippen molar-refractivity contribution in [2.75, 3.05) is 0 Å². The van der Waals surface area contributed by atoms with Gasteiger partial charge in [0.2, 0.25) is 0 Å². The molecule has 118 valence electrons. The second-order valence-electron chi connectivity index (χ2n) is 8.04. The van der Waals surface area contributed by atoms with E-state index in [0.29, 0.717) is 10.7 Å². The topological polar surface area (TPSA) is 0 Å². The Balaban J connectivity index is 2.84. The highest BCUT2D eigenvalue weighted by Crippen LogP contribution is 2.52. The summed E-state index contributed by atoms with van der Waals surface area (Å²) in [5.41, 5.74) is 1.59. The average molecular weight is 315 g/mol. The van der Waals surface area contributed by atoms with Gasteiger partial charge in [-0.3, -0.25) is 0 Å².